The van der Waals surface area contributed by atoms with Crippen LogP contribution in [-0.4, -0.2) is 29.6 Å². The van der Waals surface area contributed by atoms with E-state index in [9.17, 15) is 9.59 Å². The van der Waals surface area contributed by atoms with Gasteiger partial charge in [-0.2, -0.15) is 0 Å². The predicted octanol–water partition coefficient (Wildman–Crippen LogP) is 1.42. The third kappa shape index (κ3) is 4.66. The zero-order valence-corrected chi connectivity index (χ0v) is 11.9. The zero-order chi connectivity index (χ0) is 15.1. The fourth-order valence-corrected chi connectivity index (χ4v) is 2.04. The maximum absolute atomic E-state index is 12.2. The number of rotatable bonds is 7. The normalized spacial score (nSPS) is 12.2. The molecule has 5 nitrogen and oxygen atoms in total. The van der Waals surface area contributed by atoms with Crippen molar-refractivity contribution in [2.45, 2.75) is 32.7 Å². The summed E-state index contributed by atoms with van der Waals surface area (Å²) in [5, 5.41) is 11.7. The molecule has 110 valence electrons. The third-order valence-electron chi connectivity index (χ3n) is 2.99. The highest BCUT2D eigenvalue weighted by atomic mass is 16.4. The summed E-state index contributed by atoms with van der Waals surface area (Å²) in [4.78, 5) is 23.4. The van der Waals surface area contributed by atoms with E-state index < -0.39 is 12.0 Å². The van der Waals surface area contributed by atoms with E-state index in [4.69, 9.17) is 10.8 Å². The lowest BCUT2D eigenvalue weighted by molar-refractivity contribution is -0.139. The van der Waals surface area contributed by atoms with E-state index in [1.807, 2.05) is 26.0 Å². The summed E-state index contributed by atoms with van der Waals surface area (Å²) in [6.45, 7) is 4.29. The summed E-state index contributed by atoms with van der Waals surface area (Å²) in [7, 11) is 0. The SMILES string of the molecule is CC(C)C[C@H](NC(=O)c1ccccc1CCN)C(=O)O. The van der Waals surface area contributed by atoms with Crippen LogP contribution in [0.5, 0.6) is 0 Å². The molecule has 1 aromatic carbocycles. The van der Waals surface area contributed by atoms with Gasteiger partial charge in [-0.25, -0.2) is 4.79 Å². The molecule has 0 aliphatic carbocycles. The molecule has 0 aliphatic heterocycles. The number of carbonyl (C=O) groups excluding carboxylic acids is 1. The lowest BCUT2D eigenvalue weighted by Gasteiger charge is -2.17. The second-order valence-electron chi connectivity index (χ2n) is 5.19. The first-order chi connectivity index (χ1) is 9.45. The summed E-state index contributed by atoms with van der Waals surface area (Å²) >= 11 is 0. The molecule has 0 aromatic heterocycles. The first kappa shape index (κ1) is 16.2. The van der Waals surface area contributed by atoms with Crippen LogP contribution in [0.4, 0.5) is 0 Å². The molecule has 0 heterocycles. The third-order valence-corrected chi connectivity index (χ3v) is 2.99. The molecule has 1 rings (SSSR count). The van der Waals surface area contributed by atoms with Gasteiger partial charge in [0, 0.05) is 5.56 Å². The Morgan fingerprint density at radius 2 is 1.95 bits per heavy atom. The highest BCUT2D eigenvalue weighted by molar-refractivity contribution is 5.97. The number of benzene rings is 1. The van der Waals surface area contributed by atoms with Crippen molar-refractivity contribution in [3.63, 3.8) is 0 Å². The summed E-state index contributed by atoms with van der Waals surface area (Å²) < 4.78 is 0. The van der Waals surface area contributed by atoms with Crippen molar-refractivity contribution in [3.05, 3.63) is 35.4 Å². The van der Waals surface area contributed by atoms with Crippen molar-refractivity contribution in [2.75, 3.05) is 6.54 Å². The molecule has 1 aromatic rings. The summed E-state index contributed by atoms with van der Waals surface area (Å²) in [5.41, 5.74) is 6.85. The molecule has 0 radical (unpaired) electrons. The molecule has 0 saturated carbocycles. The second-order valence-corrected chi connectivity index (χ2v) is 5.19. The number of aliphatic carboxylic acids is 1. The topological polar surface area (TPSA) is 92.4 Å². The van der Waals surface area contributed by atoms with Gasteiger partial charge in [-0.3, -0.25) is 4.79 Å². The van der Waals surface area contributed by atoms with Gasteiger partial charge in [-0.05, 0) is 36.9 Å². The van der Waals surface area contributed by atoms with Crippen LogP contribution in [0.15, 0.2) is 24.3 Å². The van der Waals surface area contributed by atoms with Crippen LogP contribution < -0.4 is 11.1 Å². The van der Waals surface area contributed by atoms with Gasteiger partial charge in [0.1, 0.15) is 6.04 Å². The van der Waals surface area contributed by atoms with Crippen molar-refractivity contribution in [2.24, 2.45) is 11.7 Å². The van der Waals surface area contributed by atoms with Crippen LogP contribution in [0.2, 0.25) is 0 Å². The molecule has 20 heavy (non-hydrogen) atoms. The van der Waals surface area contributed by atoms with Crippen LogP contribution in [0, 0.1) is 5.92 Å². The van der Waals surface area contributed by atoms with E-state index in [-0.39, 0.29) is 11.8 Å². The van der Waals surface area contributed by atoms with Crippen LogP contribution in [0.1, 0.15) is 36.2 Å². The highest BCUT2D eigenvalue weighted by Crippen LogP contribution is 2.11. The molecule has 0 fully saturated rings. The zero-order valence-electron chi connectivity index (χ0n) is 11.9. The Balaban J connectivity index is 2.86. The number of nitrogens with two attached hydrogens (primary N) is 1. The molecule has 0 spiro atoms. The molecular weight excluding hydrogens is 256 g/mol. The Kier molecular flexibility index (Phi) is 6.18. The predicted molar refractivity (Wildman–Crippen MR) is 77.5 cm³/mol. The quantitative estimate of drug-likeness (QED) is 0.703. The summed E-state index contributed by atoms with van der Waals surface area (Å²) in [6, 6.07) is 6.25. The molecule has 1 amide bonds. The fraction of sp³-hybridized carbons (Fsp3) is 0.467. The smallest absolute Gasteiger partial charge is 0.326 e. The van der Waals surface area contributed by atoms with Crippen LogP contribution in [-0.2, 0) is 11.2 Å². The molecule has 4 N–H and O–H groups in total. The average molecular weight is 278 g/mol. The van der Waals surface area contributed by atoms with Crippen LogP contribution in [0.25, 0.3) is 0 Å². The molecule has 0 aliphatic rings. The number of carbonyl (C=O) groups is 2. The van der Waals surface area contributed by atoms with E-state index in [0.717, 1.165) is 5.56 Å². The number of carboxylic acid groups (broad SMARTS) is 1. The van der Waals surface area contributed by atoms with Gasteiger partial charge in [0.25, 0.3) is 5.91 Å². The number of hydrogen-bond acceptors (Lipinski definition) is 3. The lowest BCUT2D eigenvalue weighted by atomic mass is 10.0. The van der Waals surface area contributed by atoms with E-state index in [2.05, 4.69) is 5.32 Å². The maximum Gasteiger partial charge on any atom is 0.326 e. The van der Waals surface area contributed by atoms with Gasteiger partial charge in [-0.1, -0.05) is 32.0 Å². The average Bonchev–Trinajstić information content (AvgIpc) is 2.38. The van der Waals surface area contributed by atoms with Crippen molar-refractivity contribution >= 4 is 11.9 Å². The first-order valence-corrected chi connectivity index (χ1v) is 6.77. The summed E-state index contributed by atoms with van der Waals surface area (Å²) in [5.74, 6) is -1.18. The van der Waals surface area contributed by atoms with E-state index in [1.165, 1.54) is 0 Å². The summed E-state index contributed by atoms with van der Waals surface area (Å²) in [6.07, 6.45) is 0.992. The minimum Gasteiger partial charge on any atom is -0.480 e. The number of carboxylic acids is 1. The minimum atomic E-state index is -1.01. The number of hydrogen-bond donors (Lipinski definition) is 3. The Bertz CT molecular complexity index is 472. The van der Waals surface area contributed by atoms with Gasteiger partial charge in [-0.15, -0.1) is 0 Å². The van der Waals surface area contributed by atoms with Gasteiger partial charge in [0.15, 0.2) is 0 Å². The van der Waals surface area contributed by atoms with E-state index in [0.29, 0.717) is 24.9 Å². The van der Waals surface area contributed by atoms with Gasteiger partial charge < -0.3 is 16.2 Å². The largest absolute Gasteiger partial charge is 0.480 e. The molecule has 5 heteroatoms. The van der Waals surface area contributed by atoms with E-state index >= 15 is 0 Å². The molecule has 0 saturated heterocycles. The Morgan fingerprint density at radius 3 is 2.50 bits per heavy atom. The molecular formula is C15H22N2O3. The van der Waals surface area contributed by atoms with Crippen LogP contribution in [0.3, 0.4) is 0 Å². The number of nitrogens with one attached hydrogen (secondary N) is 1. The van der Waals surface area contributed by atoms with Crippen molar-refractivity contribution in [1.29, 1.82) is 0 Å². The Labute approximate surface area is 119 Å². The standard InChI is InChI=1S/C15H22N2O3/c1-10(2)9-13(15(19)20)17-14(18)12-6-4-3-5-11(12)7-8-16/h3-6,10,13H,7-9,16H2,1-2H3,(H,17,18)(H,19,20)/t13-/m0/s1. The van der Waals surface area contributed by atoms with Crippen molar-refractivity contribution in [1.82, 2.24) is 5.32 Å². The molecule has 1 atom stereocenters. The molecule has 0 unspecified atom stereocenters. The van der Waals surface area contributed by atoms with Gasteiger partial charge in [0.2, 0.25) is 0 Å². The van der Waals surface area contributed by atoms with Crippen molar-refractivity contribution < 1.29 is 14.7 Å². The van der Waals surface area contributed by atoms with Crippen molar-refractivity contribution in [3.8, 4) is 0 Å². The maximum atomic E-state index is 12.2. The second kappa shape index (κ2) is 7.65. The fourth-order valence-electron chi connectivity index (χ4n) is 2.04. The number of amides is 1. The minimum absolute atomic E-state index is 0.190. The lowest BCUT2D eigenvalue weighted by Crippen LogP contribution is -2.42. The van der Waals surface area contributed by atoms with Crippen LogP contribution >= 0.6 is 0 Å². The Morgan fingerprint density at radius 1 is 1.30 bits per heavy atom. The molecule has 0 bridgehead atoms. The highest BCUT2D eigenvalue weighted by Gasteiger charge is 2.22. The van der Waals surface area contributed by atoms with Gasteiger partial charge >= 0.3 is 5.97 Å². The first-order valence-electron chi connectivity index (χ1n) is 6.77. The monoisotopic (exact) mass is 278 g/mol. The van der Waals surface area contributed by atoms with Gasteiger partial charge in [0.05, 0.1) is 0 Å². The van der Waals surface area contributed by atoms with E-state index in [1.54, 1.807) is 12.1 Å². The Hall–Kier alpha value is -1.88.